The predicted octanol–water partition coefficient (Wildman–Crippen LogP) is 2.35. The zero-order chi connectivity index (χ0) is 11.9. The fraction of sp³-hybridized carbons (Fsp3) is 0.750. The average molecular weight is 322 g/mol. The van der Waals surface area contributed by atoms with E-state index in [1.54, 1.807) is 0 Å². The average Bonchev–Trinajstić information content (AvgIpc) is 2.13. The Morgan fingerprint density at radius 2 is 2.07 bits per heavy atom. The highest BCUT2D eigenvalue weighted by Gasteiger charge is 2.33. The summed E-state index contributed by atoms with van der Waals surface area (Å²) < 4.78 is 4.79. The second-order valence-corrected chi connectivity index (χ2v) is 4.60. The number of ether oxygens (including phenoxy) is 1. The van der Waals surface area contributed by atoms with Crippen molar-refractivity contribution in [1.29, 1.82) is 0 Å². The molecule has 88 valence electrons. The molecule has 1 atom stereocenters. The zero-order valence-electron chi connectivity index (χ0n) is 7.84. The van der Waals surface area contributed by atoms with Gasteiger partial charge in [-0.2, -0.15) is 0 Å². The second kappa shape index (κ2) is 7.30. The molecule has 0 bridgehead atoms. The van der Waals surface area contributed by atoms with Crippen molar-refractivity contribution in [3.8, 4) is 0 Å². The van der Waals surface area contributed by atoms with E-state index in [1.807, 2.05) is 0 Å². The summed E-state index contributed by atoms with van der Waals surface area (Å²) in [5.74, 6) is -1.98. The van der Waals surface area contributed by atoms with Crippen molar-refractivity contribution in [3.05, 3.63) is 0 Å². The largest absolute Gasteiger partial charge is 0.481 e. The number of hydrogen-bond acceptors (Lipinski definition) is 3. The molecule has 0 aromatic heterocycles. The minimum Gasteiger partial charge on any atom is -0.481 e. The first-order chi connectivity index (χ1) is 6.93. The number of carboxylic acid groups (broad SMARTS) is 1. The Labute approximate surface area is 106 Å². The fourth-order valence-electron chi connectivity index (χ4n) is 0.803. The molecule has 0 rings (SSSR count). The van der Waals surface area contributed by atoms with Gasteiger partial charge in [-0.25, -0.2) is 0 Å². The van der Waals surface area contributed by atoms with Crippen LogP contribution >= 0.6 is 39.1 Å². The lowest BCUT2D eigenvalue weighted by Crippen LogP contribution is -2.33. The first kappa shape index (κ1) is 15.0. The van der Waals surface area contributed by atoms with E-state index < -0.39 is 23.4 Å². The first-order valence-electron chi connectivity index (χ1n) is 4.18. The van der Waals surface area contributed by atoms with Crippen molar-refractivity contribution in [3.63, 3.8) is 0 Å². The molecule has 0 saturated carbocycles. The maximum absolute atomic E-state index is 11.2. The predicted molar refractivity (Wildman–Crippen MR) is 60.7 cm³/mol. The molecule has 1 N–H and O–H groups in total. The maximum atomic E-state index is 11.2. The van der Waals surface area contributed by atoms with E-state index in [1.165, 1.54) is 0 Å². The Balaban J connectivity index is 4.17. The van der Waals surface area contributed by atoms with Gasteiger partial charge in [0.1, 0.15) is 6.42 Å². The molecule has 0 fully saturated rings. The molecule has 15 heavy (non-hydrogen) atoms. The van der Waals surface area contributed by atoms with Gasteiger partial charge in [-0.1, -0.05) is 27.5 Å². The number of halogens is 3. The van der Waals surface area contributed by atoms with Crippen LogP contribution in [-0.2, 0) is 14.3 Å². The Morgan fingerprint density at radius 1 is 1.47 bits per heavy atom. The molecule has 0 amide bonds. The van der Waals surface area contributed by atoms with Crippen LogP contribution in [0.4, 0.5) is 0 Å². The number of alkyl halides is 3. The van der Waals surface area contributed by atoms with Gasteiger partial charge in [-0.3, -0.25) is 9.59 Å². The van der Waals surface area contributed by atoms with Gasteiger partial charge in [0.2, 0.25) is 5.06 Å². The lowest BCUT2D eigenvalue weighted by atomic mass is 10.2. The van der Waals surface area contributed by atoms with E-state index in [4.69, 9.17) is 33.0 Å². The van der Waals surface area contributed by atoms with E-state index in [2.05, 4.69) is 15.9 Å². The normalized spacial score (nSPS) is 14.3. The van der Waals surface area contributed by atoms with Crippen LogP contribution in [0.15, 0.2) is 0 Å². The topological polar surface area (TPSA) is 63.6 Å². The molecule has 0 aliphatic carbocycles. The van der Waals surface area contributed by atoms with Crippen LogP contribution in [0.3, 0.4) is 0 Å². The second-order valence-electron chi connectivity index (χ2n) is 2.85. The summed E-state index contributed by atoms with van der Waals surface area (Å²) in [5, 5.41) is 7.55. The summed E-state index contributed by atoms with van der Waals surface area (Å²) >= 11 is 14.3. The fourth-order valence-corrected chi connectivity index (χ4v) is 1.43. The first-order valence-corrected chi connectivity index (χ1v) is 6.21. The minimum atomic E-state index is -1.64. The summed E-state index contributed by atoms with van der Waals surface area (Å²) in [4.78, 5) is 21.6. The lowest BCUT2D eigenvalue weighted by Gasteiger charge is -2.22. The van der Waals surface area contributed by atoms with E-state index in [0.29, 0.717) is 11.8 Å². The Hall–Kier alpha value is -0.000000000000000111. The summed E-state index contributed by atoms with van der Waals surface area (Å²) in [5.41, 5.74) is 0. The number of carbonyl (C=O) groups excluding carboxylic acids is 1. The summed E-state index contributed by atoms with van der Waals surface area (Å²) in [6.07, 6.45) is 0.259. The molecular formula is C8H11BrCl2O4. The SMILES string of the molecule is O=C(O)CC(Cl)(CCl)OC(=O)CCCBr. The number of rotatable bonds is 7. The van der Waals surface area contributed by atoms with Crippen molar-refractivity contribution >= 4 is 51.1 Å². The molecule has 0 aliphatic heterocycles. The van der Waals surface area contributed by atoms with Crippen LogP contribution in [0.25, 0.3) is 0 Å². The highest BCUT2D eigenvalue weighted by molar-refractivity contribution is 9.09. The summed E-state index contributed by atoms with van der Waals surface area (Å²) in [6.45, 7) is 0. The molecule has 1 unspecified atom stereocenters. The van der Waals surface area contributed by atoms with Gasteiger partial charge in [-0.05, 0) is 6.42 Å². The van der Waals surface area contributed by atoms with Crippen molar-refractivity contribution in [2.45, 2.75) is 24.3 Å². The quantitative estimate of drug-likeness (QED) is 0.577. The zero-order valence-corrected chi connectivity index (χ0v) is 10.9. The molecule has 0 spiro atoms. The number of carboxylic acids is 1. The highest BCUT2D eigenvalue weighted by Crippen LogP contribution is 2.24. The molecule has 7 heteroatoms. The third kappa shape index (κ3) is 6.98. The molecule has 0 radical (unpaired) electrons. The van der Waals surface area contributed by atoms with Crippen LogP contribution in [0.5, 0.6) is 0 Å². The van der Waals surface area contributed by atoms with E-state index in [-0.39, 0.29) is 12.3 Å². The molecular weight excluding hydrogens is 311 g/mol. The molecule has 0 aromatic carbocycles. The number of carbonyl (C=O) groups is 2. The molecule has 0 saturated heterocycles. The van der Waals surface area contributed by atoms with Crippen molar-refractivity contribution in [1.82, 2.24) is 0 Å². The van der Waals surface area contributed by atoms with Gasteiger partial charge in [0, 0.05) is 11.8 Å². The van der Waals surface area contributed by atoms with Gasteiger partial charge >= 0.3 is 11.9 Å². The Kier molecular flexibility index (Phi) is 7.30. The molecule has 0 heterocycles. The molecule has 4 nitrogen and oxygen atoms in total. The number of hydrogen-bond donors (Lipinski definition) is 1. The summed E-state index contributed by atoms with van der Waals surface area (Å²) in [6, 6.07) is 0. The van der Waals surface area contributed by atoms with Crippen molar-refractivity contribution < 1.29 is 19.4 Å². The van der Waals surface area contributed by atoms with E-state index in [9.17, 15) is 9.59 Å². The number of esters is 1. The van der Waals surface area contributed by atoms with E-state index in [0.717, 1.165) is 0 Å². The third-order valence-corrected chi connectivity index (χ3v) is 2.90. The standard InChI is InChI=1S/C8H11BrCl2O4/c9-3-1-2-7(14)15-8(11,5-10)4-6(12)13/h1-5H2,(H,12,13). The van der Waals surface area contributed by atoms with Gasteiger partial charge in [0.05, 0.1) is 5.88 Å². The van der Waals surface area contributed by atoms with Gasteiger partial charge in [0.15, 0.2) is 0 Å². The van der Waals surface area contributed by atoms with Gasteiger partial charge in [0.25, 0.3) is 0 Å². The third-order valence-electron chi connectivity index (χ3n) is 1.43. The van der Waals surface area contributed by atoms with Crippen LogP contribution in [0, 0.1) is 0 Å². The molecule has 0 aromatic rings. The molecule has 0 aliphatic rings. The van der Waals surface area contributed by atoms with E-state index >= 15 is 0 Å². The Morgan fingerprint density at radius 3 is 2.47 bits per heavy atom. The minimum absolute atomic E-state index is 0.177. The highest BCUT2D eigenvalue weighted by atomic mass is 79.9. The summed E-state index contributed by atoms with van der Waals surface area (Å²) in [7, 11) is 0. The Bertz CT molecular complexity index is 237. The monoisotopic (exact) mass is 320 g/mol. The van der Waals surface area contributed by atoms with Gasteiger partial charge in [-0.15, -0.1) is 11.6 Å². The van der Waals surface area contributed by atoms with Crippen LogP contribution < -0.4 is 0 Å². The van der Waals surface area contributed by atoms with Crippen molar-refractivity contribution in [2.75, 3.05) is 11.2 Å². The number of aliphatic carboxylic acids is 1. The van der Waals surface area contributed by atoms with Crippen LogP contribution in [0.2, 0.25) is 0 Å². The van der Waals surface area contributed by atoms with Crippen LogP contribution in [-0.4, -0.2) is 33.3 Å². The lowest BCUT2D eigenvalue weighted by molar-refractivity contribution is -0.154. The van der Waals surface area contributed by atoms with Crippen molar-refractivity contribution in [2.24, 2.45) is 0 Å². The maximum Gasteiger partial charge on any atom is 0.308 e. The van der Waals surface area contributed by atoms with Gasteiger partial charge < -0.3 is 9.84 Å². The smallest absolute Gasteiger partial charge is 0.308 e. The van der Waals surface area contributed by atoms with Crippen LogP contribution in [0.1, 0.15) is 19.3 Å².